The summed E-state index contributed by atoms with van der Waals surface area (Å²) in [6, 6.07) is 2.42. The van der Waals surface area contributed by atoms with Gasteiger partial charge in [-0.1, -0.05) is 23.2 Å². The zero-order valence-electron chi connectivity index (χ0n) is 11.3. The van der Waals surface area contributed by atoms with E-state index in [0.717, 1.165) is 0 Å². The molecule has 0 atom stereocenters. The molecule has 0 aliphatic carbocycles. The lowest BCUT2D eigenvalue weighted by atomic mass is 10.3. The van der Waals surface area contributed by atoms with Gasteiger partial charge in [0.2, 0.25) is 10.0 Å². The Labute approximate surface area is 129 Å². The zero-order chi connectivity index (χ0) is 15.5. The van der Waals surface area contributed by atoms with Crippen molar-refractivity contribution in [2.45, 2.75) is 31.2 Å². The fourth-order valence-electron chi connectivity index (χ4n) is 1.83. The molecule has 20 heavy (non-hydrogen) atoms. The normalized spacial score (nSPS) is 12.3. The first-order valence-electron chi connectivity index (χ1n) is 6.09. The van der Waals surface area contributed by atoms with E-state index in [0.29, 0.717) is 12.1 Å². The summed E-state index contributed by atoms with van der Waals surface area (Å²) >= 11 is 12.0. The van der Waals surface area contributed by atoms with Gasteiger partial charge in [-0.3, -0.25) is 0 Å². The van der Waals surface area contributed by atoms with Gasteiger partial charge in [0.1, 0.15) is 4.90 Å². The third-order valence-electron chi connectivity index (χ3n) is 2.70. The minimum atomic E-state index is -3.85. The van der Waals surface area contributed by atoms with Gasteiger partial charge in [0.15, 0.2) is 0 Å². The van der Waals surface area contributed by atoms with Crippen LogP contribution < -0.4 is 5.73 Å². The highest BCUT2D eigenvalue weighted by molar-refractivity contribution is 7.89. The maximum absolute atomic E-state index is 12.7. The Kier molecular flexibility index (Phi) is 6.09. The maximum Gasteiger partial charge on any atom is 0.246 e. The molecule has 0 saturated carbocycles. The van der Waals surface area contributed by atoms with Crippen molar-refractivity contribution in [2.24, 2.45) is 0 Å². The van der Waals surface area contributed by atoms with Gasteiger partial charge in [0.25, 0.3) is 0 Å². The standard InChI is InChI=1S/C12H18Cl2N2O3S/c1-8(2)16(4-3-5-17)20(18,19)12-10(13)6-9(15)7-11(12)14/h6-8,17H,3-5,15H2,1-2H3. The summed E-state index contributed by atoms with van der Waals surface area (Å²) in [5.74, 6) is 0. The van der Waals surface area contributed by atoms with Gasteiger partial charge < -0.3 is 10.8 Å². The Balaban J connectivity index is 3.34. The van der Waals surface area contributed by atoms with Crippen LogP contribution in [-0.2, 0) is 10.0 Å². The van der Waals surface area contributed by atoms with E-state index in [1.54, 1.807) is 13.8 Å². The van der Waals surface area contributed by atoms with Gasteiger partial charge in [0.05, 0.1) is 10.0 Å². The highest BCUT2D eigenvalue weighted by Crippen LogP contribution is 2.34. The first-order chi connectivity index (χ1) is 9.21. The van der Waals surface area contributed by atoms with Gasteiger partial charge in [-0.15, -0.1) is 0 Å². The van der Waals surface area contributed by atoms with Crippen LogP contribution in [0.4, 0.5) is 5.69 Å². The maximum atomic E-state index is 12.7. The lowest BCUT2D eigenvalue weighted by molar-refractivity contribution is 0.258. The Hall–Kier alpha value is -0.530. The quantitative estimate of drug-likeness (QED) is 0.778. The molecular weight excluding hydrogens is 323 g/mol. The van der Waals surface area contributed by atoms with Gasteiger partial charge in [-0.05, 0) is 32.4 Å². The van der Waals surface area contributed by atoms with Crippen molar-refractivity contribution in [3.63, 3.8) is 0 Å². The smallest absolute Gasteiger partial charge is 0.246 e. The molecule has 0 aliphatic rings. The highest BCUT2D eigenvalue weighted by atomic mass is 35.5. The third-order valence-corrected chi connectivity index (χ3v) is 5.70. The fraction of sp³-hybridized carbons (Fsp3) is 0.500. The number of aliphatic hydroxyl groups excluding tert-OH is 1. The van der Waals surface area contributed by atoms with E-state index in [9.17, 15) is 8.42 Å². The fourth-order valence-corrected chi connectivity index (χ4v) is 4.68. The first-order valence-corrected chi connectivity index (χ1v) is 8.28. The third kappa shape index (κ3) is 3.77. The second-order valence-corrected chi connectivity index (χ2v) is 7.24. The van der Waals surface area contributed by atoms with E-state index in [1.807, 2.05) is 0 Å². The van der Waals surface area contributed by atoms with Crippen LogP contribution in [0.1, 0.15) is 20.3 Å². The molecule has 0 spiro atoms. The zero-order valence-corrected chi connectivity index (χ0v) is 13.6. The van der Waals surface area contributed by atoms with Crippen molar-refractivity contribution < 1.29 is 13.5 Å². The van der Waals surface area contributed by atoms with Crippen molar-refractivity contribution in [2.75, 3.05) is 18.9 Å². The van der Waals surface area contributed by atoms with Crippen LogP contribution in [0.2, 0.25) is 10.0 Å². The van der Waals surface area contributed by atoms with Crippen LogP contribution in [0.25, 0.3) is 0 Å². The summed E-state index contributed by atoms with van der Waals surface area (Å²) in [6.07, 6.45) is 0.335. The van der Waals surface area contributed by atoms with Crippen molar-refractivity contribution in [3.8, 4) is 0 Å². The van der Waals surface area contributed by atoms with Crippen molar-refractivity contribution in [1.29, 1.82) is 0 Å². The number of anilines is 1. The number of nitrogens with zero attached hydrogens (tertiary/aromatic N) is 1. The Morgan fingerprint density at radius 3 is 2.20 bits per heavy atom. The van der Waals surface area contributed by atoms with E-state index in [4.69, 9.17) is 34.0 Å². The van der Waals surface area contributed by atoms with E-state index in [2.05, 4.69) is 0 Å². The topological polar surface area (TPSA) is 83.6 Å². The van der Waals surface area contributed by atoms with Crippen LogP contribution in [0.15, 0.2) is 17.0 Å². The number of rotatable bonds is 6. The average Bonchev–Trinajstić information content (AvgIpc) is 2.26. The Bertz CT molecular complexity index is 553. The van der Waals surface area contributed by atoms with Crippen LogP contribution >= 0.6 is 23.2 Å². The van der Waals surface area contributed by atoms with E-state index in [-0.39, 0.29) is 34.1 Å². The summed E-state index contributed by atoms with van der Waals surface area (Å²) in [7, 11) is -3.85. The number of sulfonamides is 1. The van der Waals surface area contributed by atoms with Gasteiger partial charge in [-0.25, -0.2) is 8.42 Å². The van der Waals surface area contributed by atoms with Crippen molar-refractivity contribution in [1.82, 2.24) is 4.31 Å². The summed E-state index contributed by atoms with van der Waals surface area (Å²) in [5, 5.41) is 8.87. The molecule has 0 aromatic heterocycles. The molecule has 0 fully saturated rings. The molecule has 1 aromatic carbocycles. The van der Waals surface area contributed by atoms with Gasteiger partial charge >= 0.3 is 0 Å². The molecule has 8 heteroatoms. The van der Waals surface area contributed by atoms with E-state index >= 15 is 0 Å². The molecule has 114 valence electrons. The number of hydrogen-bond acceptors (Lipinski definition) is 4. The molecule has 3 N–H and O–H groups in total. The first kappa shape index (κ1) is 17.5. The molecule has 1 aromatic rings. The lowest BCUT2D eigenvalue weighted by Gasteiger charge is -2.26. The molecule has 0 heterocycles. The van der Waals surface area contributed by atoms with Crippen LogP contribution in [0.5, 0.6) is 0 Å². The summed E-state index contributed by atoms with van der Waals surface area (Å²) in [5.41, 5.74) is 5.87. The van der Waals surface area contributed by atoms with Crippen molar-refractivity contribution in [3.05, 3.63) is 22.2 Å². The van der Waals surface area contributed by atoms with Gasteiger partial charge in [0, 0.05) is 24.9 Å². The molecule has 0 radical (unpaired) electrons. The van der Waals surface area contributed by atoms with Crippen LogP contribution in [-0.4, -0.2) is 37.0 Å². The predicted octanol–water partition coefficient (Wildman–Crippen LogP) is 2.36. The highest BCUT2D eigenvalue weighted by Gasteiger charge is 2.31. The number of nitrogens with two attached hydrogens (primary N) is 1. The summed E-state index contributed by atoms with van der Waals surface area (Å²) in [6.45, 7) is 3.58. The molecule has 5 nitrogen and oxygen atoms in total. The van der Waals surface area contributed by atoms with E-state index < -0.39 is 10.0 Å². The average molecular weight is 341 g/mol. The molecule has 0 unspecified atom stereocenters. The molecule has 0 saturated heterocycles. The Morgan fingerprint density at radius 2 is 1.80 bits per heavy atom. The van der Waals surface area contributed by atoms with E-state index in [1.165, 1.54) is 16.4 Å². The van der Waals surface area contributed by atoms with Crippen LogP contribution in [0.3, 0.4) is 0 Å². The Morgan fingerprint density at radius 1 is 1.30 bits per heavy atom. The molecule has 1 rings (SSSR count). The number of aliphatic hydroxyl groups is 1. The van der Waals surface area contributed by atoms with Gasteiger partial charge in [-0.2, -0.15) is 4.31 Å². The molecular formula is C12H18Cl2N2O3S. The number of hydrogen-bond donors (Lipinski definition) is 2. The SMILES string of the molecule is CC(C)N(CCCO)S(=O)(=O)c1c(Cl)cc(N)cc1Cl. The monoisotopic (exact) mass is 340 g/mol. The molecule has 0 amide bonds. The number of nitrogen functional groups attached to an aromatic ring is 1. The van der Waals surface area contributed by atoms with Crippen LogP contribution in [0, 0.1) is 0 Å². The number of halogens is 2. The predicted molar refractivity (Wildman–Crippen MR) is 81.6 cm³/mol. The minimum absolute atomic E-state index is 0.00958. The summed E-state index contributed by atoms with van der Waals surface area (Å²) < 4.78 is 26.6. The second-order valence-electron chi connectivity index (χ2n) is 4.60. The lowest BCUT2D eigenvalue weighted by Crippen LogP contribution is -2.38. The largest absolute Gasteiger partial charge is 0.399 e. The summed E-state index contributed by atoms with van der Waals surface area (Å²) in [4.78, 5) is -0.151. The molecule has 0 aliphatic heterocycles. The molecule has 0 bridgehead atoms. The van der Waals surface area contributed by atoms with Crippen molar-refractivity contribution >= 4 is 38.9 Å². The number of benzene rings is 1. The second kappa shape index (κ2) is 6.95. The minimum Gasteiger partial charge on any atom is -0.399 e.